The Kier molecular flexibility index (Phi) is 4.45. The summed E-state index contributed by atoms with van der Waals surface area (Å²) >= 11 is 0. The van der Waals surface area contributed by atoms with E-state index in [1.807, 2.05) is 0 Å². The van der Waals surface area contributed by atoms with Crippen molar-refractivity contribution in [3.8, 4) is 11.8 Å². The molecule has 16 heavy (non-hydrogen) atoms. The monoisotopic (exact) mass is 215 g/mol. The molecule has 0 spiro atoms. The Balaban J connectivity index is 2.80. The number of hydrogen-bond acceptors (Lipinski definition) is 2. The molecule has 1 aromatic carbocycles. The molecule has 80 valence electrons. The fourth-order valence-electron chi connectivity index (χ4n) is 1.09. The van der Waals surface area contributed by atoms with E-state index in [9.17, 15) is 4.79 Å². The molecule has 0 atom stereocenters. The first-order chi connectivity index (χ1) is 7.75. The lowest BCUT2D eigenvalue weighted by Gasteiger charge is -1.96. The van der Waals surface area contributed by atoms with Crippen LogP contribution in [0.4, 0.5) is 0 Å². The molecule has 0 saturated heterocycles. The molecule has 5 nitrogen and oxygen atoms in total. The van der Waals surface area contributed by atoms with Crippen LogP contribution in [0.25, 0.3) is 10.4 Å². The predicted molar refractivity (Wildman–Crippen MR) is 58.9 cm³/mol. The molecule has 1 rings (SSSR count). The minimum Gasteiger partial charge on any atom is -0.478 e. The lowest BCUT2D eigenvalue weighted by Crippen LogP contribution is -1.99. The summed E-state index contributed by atoms with van der Waals surface area (Å²) in [5.41, 5.74) is 8.68. The SMILES string of the molecule is [N-]=[N+]=NCCC#Cc1ccccc1C(=O)O. The van der Waals surface area contributed by atoms with Crippen molar-refractivity contribution < 1.29 is 9.90 Å². The fourth-order valence-corrected chi connectivity index (χ4v) is 1.09. The first-order valence-corrected chi connectivity index (χ1v) is 4.57. The molecule has 0 amide bonds. The van der Waals surface area contributed by atoms with Gasteiger partial charge in [0.15, 0.2) is 0 Å². The highest BCUT2D eigenvalue weighted by Gasteiger charge is 2.05. The molecular weight excluding hydrogens is 206 g/mol. The van der Waals surface area contributed by atoms with Crippen molar-refractivity contribution in [3.05, 3.63) is 45.8 Å². The van der Waals surface area contributed by atoms with Crippen molar-refractivity contribution in [2.75, 3.05) is 6.54 Å². The Morgan fingerprint density at radius 1 is 1.50 bits per heavy atom. The number of nitrogens with zero attached hydrogens (tertiary/aromatic N) is 3. The molecule has 0 aliphatic rings. The molecule has 0 aromatic heterocycles. The van der Waals surface area contributed by atoms with Crippen LogP contribution in [0.2, 0.25) is 0 Å². The zero-order valence-electron chi connectivity index (χ0n) is 8.42. The van der Waals surface area contributed by atoms with Crippen molar-refractivity contribution in [2.24, 2.45) is 5.11 Å². The van der Waals surface area contributed by atoms with Gasteiger partial charge in [-0.3, -0.25) is 0 Å². The van der Waals surface area contributed by atoms with E-state index in [2.05, 4.69) is 21.9 Å². The third kappa shape index (κ3) is 3.37. The Labute approximate surface area is 92.3 Å². The molecular formula is C11H9N3O2. The molecule has 1 aromatic rings. The van der Waals surface area contributed by atoms with E-state index < -0.39 is 5.97 Å². The summed E-state index contributed by atoms with van der Waals surface area (Å²) < 4.78 is 0. The van der Waals surface area contributed by atoms with Crippen LogP contribution in [-0.4, -0.2) is 17.6 Å². The van der Waals surface area contributed by atoms with Crippen molar-refractivity contribution in [3.63, 3.8) is 0 Å². The van der Waals surface area contributed by atoms with Gasteiger partial charge in [0.25, 0.3) is 0 Å². The second-order valence-corrected chi connectivity index (χ2v) is 2.86. The van der Waals surface area contributed by atoms with Crippen molar-refractivity contribution in [1.29, 1.82) is 0 Å². The zero-order chi connectivity index (χ0) is 11.8. The predicted octanol–water partition coefficient (Wildman–Crippen LogP) is 2.44. The van der Waals surface area contributed by atoms with Gasteiger partial charge in [0.2, 0.25) is 0 Å². The summed E-state index contributed by atoms with van der Waals surface area (Å²) in [5.74, 6) is 4.49. The molecule has 0 saturated carbocycles. The van der Waals surface area contributed by atoms with E-state index >= 15 is 0 Å². The highest BCUT2D eigenvalue weighted by atomic mass is 16.4. The minimum atomic E-state index is -1.00. The number of aromatic carboxylic acids is 1. The van der Waals surface area contributed by atoms with Crippen molar-refractivity contribution in [2.45, 2.75) is 6.42 Å². The Bertz CT molecular complexity index is 493. The second kappa shape index (κ2) is 6.12. The van der Waals surface area contributed by atoms with Crippen molar-refractivity contribution >= 4 is 5.97 Å². The normalized spacial score (nSPS) is 8.50. The maximum Gasteiger partial charge on any atom is 0.336 e. The number of carbonyl (C=O) groups is 1. The molecule has 0 unspecified atom stereocenters. The Hall–Kier alpha value is -2.44. The summed E-state index contributed by atoms with van der Waals surface area (Å²) in [6.45, 7) is 0.290. The van der Waals surface area contributed by atoms with Crippen LogP contribution >= 0.6 is 0 Å². The van der Waals surface area contributed by atoms with E-state index in [4.69, 9.17) is 10.6 Å². The van der Waals surface area contributed by atoms with Gasteiger partial charge >= 0.3 is 5.97 Å². The number of carboxylic acid groups (broad SMARTS) is 1. The van der Waals surface area contributed by atoms with Crippen LogP contribution in [0.5, 0.6) is 0 Å². The van der Waals surface area contributed by atoms with Gasteiger partial charge in [-0.1, -0.05) is 29.1 Å². The summed E-state index contributed by atoms with van der Waals surface area (Å²) in [6.07, 6.45) is 0.415. The summed E-state index contributed by atoms with van der Waals surface area (Å²) in [4.78, 5) is 13.4. The fraction of sp³-hybridized carbons (Fsp3) is 0.182. The number of hydrogen-bond donors (Lipinski definition) is 1. The lowest BCUT2D eigenvalue weighted by molar-refractivity contribution is 0.0696. The average molecular weight is 215 g/mol. The minimum absolute atomic E-state index is 0.179. The van der Waals surface area contributed by atoms with E-state index in [1.54, 1.807) is 18.2 Å². The molecule has 1 N–H and O–H groups in total. The zero-order valence-corrected chi connectivity index (χ0v) is 8.42. The first-order valence-electron chi connectivity index (χ1n) is 4.57. The van der Waals surface area contributed by atoms with Gasteiger partial charge in [-0.15, -0.1) is 0 Å². The van der Waals surface area contributed by atoms with Crippen LogP contribution in [0.3, 0.4) is 0 Å². The number of benzene rings is 1. The van der Waals surface area contributed by atoms with Crippen LogP contribution < -0.4 is 0 Å². The third-order valence-corrected chi connectivity index (χ3v) is 1.78. The molecule has 0 aliphatic heterocycles. The van der Waals surface area contributed by atoms with Crippen LogP contribution in [0.1, 0.15) is 22.3 Å². The van der Waals surface area contributed by atoms with Gasteiger partial charge in [-0.05, 0) is 17.7 Å². The average Bonchev–Trinajstić information content (AvgIpc) is 2.29. The Morgan fingerprint density at radius 2 is 2.25 bits per heavy atom. The van der Waals surface area contributed by atoms with Gasteiger partial charge in [0, 0.05) is 23.4 Å². The second-order valence-electron chi connectivity index (χ2n) is 2.86. The van der Waals surface area contributed by atoms with Crippen LogP contribution in [-0.2, 0) is 0 Å². The van der Waals surface area contributed by atoms with Crippen LogP contribution in [0, 0.1) is 11.8 Å². The van der Waals surface area contributed by atoms with E-state index in [0.29, 0.717) is 18.5 Å². The summed E-state index contributed by atoms with van der Waals surface area (Å²) in [5, 5.41) is 12.2. The lowest BCUT2D eigenvalue weighted by atomic mass is 10.1. The maximum absolute atomic E-state index is 10.8. The van der Waals surface area contributed by atoms with E-state index in [-0.39, 0.29) is 5.56 Å². The van der Waals surface area contributed by atoms with E-state index in [0.717, 1.165) is 0 Å². The van der Waals surface area contributed by atoms with Gasteiger partial charge < -0.3 is 5.11 Å². The highest BCUT2D eigenvalue weighted by Crippen LogP contribution is 2.06. The topological polar surface area (TPSA) is 86.1 Å². The number of carboxylic acids is 1. The quantitative estimate of drug-likeness (QED) is 0.276. The largest absolute Gasteiger partial charge is 0.478 e. The summed E-state index contributed by atoms with van der Waals surface area (Å²) in [6, 6.07) is 6.52. The highest BCUT2D eigenvalue weighted by molar-refractivity contribution is 5.90. The Morgan fingerprint density at radius 3 is 2.94 bits per heavy atom. The maximum atomic E-state index is 10.8. The van der Waals surface area contributed by atoms with Crippen LogP contribution in [0.15, 0.2) is 29.4 Å². The first kappa shape index (κ1) is 11.6. The third-order valence-electron chi connectivity index (χ3n) is 1.78. The van der Waals surface area contributed by atoms with E-state index in [1.165, 1.54) is 6.07 Å². The molecule has 0 heterocycles. The molecule has 0 fully saturated rings. The molecule has 0 aliphatic carbocycles. The smallest absolute Gasteiger partial charge is 0.336 e. The van der Waals surface area contributed by atoms with Crippen molar-refractivity contribution in [1.82, 2.24) is 0 Å². The van der Waals surface area contributed by atoms with Gasteiger partial charge in [-0.25, -0.2) is 4.79 Å². The van der Waals surface area contributed by atoms with Gasteiger partial charge in [0.05, 0.1) is 5.56 Å². The number of rotatable bonds is 3. The van der Waals surface area contributed by atoms with Gasteiger partial charge in [0.1, 0.15) is 0 Å². The summed E-state index contributed by atoms with van der Waals surface area (Å²) in [7, 11) is 0. The standard InChI is InChI=1S/C11H9N3O2/c12-14-13-8-4-3-6-9-5-1-2-7-10(9)11(15)16/h1-2,5,7H,4,8H2,(H,15,16). The molecule has 0 bridgehead atoms. The molecule has 0 radical (unpaired) electrons. The molecule has 5 heteroatoms. The van der Waals surface area contributed by atoms with Gasteiger partial charge in [-0.2, -0.15) is 0 Å². The number of azide groups is 1.